The van der Waals surface area contributed by atoms with E-state index in [4.69, 9.17) is 23.7 Å². The Kier molecular flexibility index (Phi) is 7.11. The average molecular weight is 348 g/mol. The van der Waals surface area contributed by atoms with Gasteiger partial charge in [0.05, 0.1) is 0 Å². The summed E-state index contributed by atoms with van der Waals surface area (Å²) in [5, 5.41) is 9.91. The minimum absolute atomic E-state index is 0.392. The predicted molar refractivity (Wildman–Crippen MR) is 74.2 cm³/mol. The van der Waals surface area contributed by atoms with Gasteiger partial charge in [-0.05, 0) is 0 Å². The number of carbonyl (C=O) groups excluding carboxylic acids is 4. The Morgan fingerprint density at radius 1 is 0.917 bits per heavy atom. The van der Waals surface area contributed by atoms with E-state index in [0.717, 1.165) is 27.7 Å². The third-order valence-electron chi connectivity index (χ3n) is 2.96. The van der Waals surface area contributed by atoms with Crippen LogP contribution in [0.5, 0.6) is 0 Å². The van der Waals surface area contributed by atoms with Gasteiger partial charge >= 0.3 is 23.9 Å². The highest BCUT2D eigenvalue weighted by Crippen LogP contribution is 2.29. The van der Waals surface area contributed by atoms with Crippen molar-refractivity contribution in [2.45, 2.75) is 58.4 Å². The van der Waals surface area contributed by atoms with Gasteiger partial charge in [-0.2, -0.15) is 0 Å². The van der Waals surface area contributed by atoms with Crippen LogP contribution < -0.4 is 0 Å². The van der Waals surface area contributed by atoms with E-state index in [0.29, 0.717) is 0 Å². The summed E-state index contributed by atoms with van der Waals surface area (Å²) in [6.07, 6.45) is -6.55. The summed E-state index contributed by atoms with van der Waals surface area (Å²) < 4.78 is 25.0. The molecule has 1 N–H and O–H groups in total. The first kappa shape index (κ1) is 19.8. The zero-order valence-corrected chi connectivity index (χ0v) is 13.7. The van der Waals surface area contributed by atoms with Gasteiger partial charge in [0, 0.05) is 27.7 Å². The van der Waals surface area contributed by atoms with Crippen molar-refractivity contribution in [2.24, 2.45) is 0 Å². The first-order chi connectivity index (χ1) is 11.1. The number of carbonyl (C=O) groups is 4. The smallest absolute Gasteiger partial charge is 0.303 e. The molecule has 136 valence electrons. The maximum absolute atomic E-state index is 11.3. The quantitative estimate of drug-likeness (QED) is 0.473. The maximum atomic E-state index is 11.3. The van der Waals surface area contributed by atoms with Crippen molar-refractivity contribution >= 4 is 23.9 Å². The summed E-state index contributed by atoms with van der Waals surface area (Å²) in [5.41, 5.74) is 0. The summed E-state index contributed by atoms with van der Waals surface area (Å²) in [5.74, 6) is -2.80. The van der Waals surface area contributed by atoms with E-state index in [2.05, 4.69) is 0 Å². The molecule has 1 aliphatic heterocycles. The van der Waals surface area contributed by atoms with Gasteiger partial charge in [-0.15, -0.1) is 0 Å². The number of aliphatic hydroxyl groups excluding tert-OH is 1. The Labute approximate surface area is 137 Å². The molecule has 1 saturated heterocycles. The summed E-state index contributed by atoms with van der Waals surface area (Å²) in [6, 6.07) is 0. The molecule has 0 saturated carbocycles. The molecule has 0 bridgehead atoms. The topological polar surface area (TPSA) is 135 Å². The fourth-order valence-corrected chi connectivity index (χ4v) is 2.22. The minimum Gasteiger partial charge on any atom is -0.462 e. The van der Waals surface area contributed by atoms with Crippen molar-refractivity contribution in [1.29, 1.82) is 0 Å². The maximum Gasteiger partial charge on any atom is 0.303 e. The largest absolute Gasteiger partial charge is 0.462 e. The Morgan fingerprint density at radius 2 is 1.46 bits per heavy atom. The molecule has 24 heavy (non-hydrogen) atoms. The van der Waals surface area contributed by atoms with Crippen LogP contribution in [-0.4, -0.2) is 66.3 Å². The Morgan fingerprint density at radius 3 is 1.92 bits per heavy atom. The van der Waals surface area contributed by atoms with Crippen molar-refractivity contribution in [2.75, 3.05) is 6.61 Å². The van der Waals surface area contributed by atoms with Crippen LogP contribution in [0, 0.1) is 0 Å². The zero-order chi connectivity index (χ0) is 18.4. The van der Waals surface area contributed by atoms with Gasteiger partial charge in [0.25, 0.3) is 0 Å². The second kappa shape index (κ2) is 8.60. The number of hydrogen-bond acceptors (Lipinski definition) is 10. The second-order valence-electron chi connectivity index (χ2n) is 5.09. The van der Waals surface area contributed by atoms with Gasteiger partial charge < -0.3 is 28.8 Å². The van der Waals surface area contributed by atoms with Gasteiger partial charge in [-0.3, -0.25) is 19.2 Å². The van der Waals surface area contributed by atoms with E-state index < -0.39 is 61.2 Å². The van der Waals surface area contributed by atoms with Crippen molar-refractivity contribution in [1.82, 2.24) is 0 Å². The lowest BCUT2D eigenvalue weighted by atomic mass is 10.1. The lowest BCUT2D eigenvalue weighted by Crippen LogP contribution is -2.46. The monoisotopic (exact) mass is 348 g/mol. The second-order valence-corrected chi connectivity index (χ2v) is 5.09. The fourth-order valence-electron chi connectivity index (χ4n) is 2.22. The molecule has 1 aliphatic rings. The van der Waals surface area contributed by atoms with Gasteiger partial charge in [-0.1, -0.05) is 0 Å². The van der Waals surface area contributed by atoms with Gasteiger partial charge in [0.15, 0.2) is 24.6 Å². The minimum atomic E-state index is -1.61. The molecule has 1 fully saturated rings. The molecule has 0 aromatic heterocycles. The molecule has 5 atom stereocenters. The lowest BCUT2D eigenvalue weighted by Gasteiger charge is -2.27. The number of hydrogen-bond donors (Lipinski definition) is 1. The Bertz CT molecular complexity index is 502. The lowest BCUT2D eigenvalue weighted by molar-refractivity contribution is -0.184. The van der Waals surface area contributed by atoms with Crippen molar-refractivity contribution in [3.63, 3.8) is 0 Å². The third kappa shape index (κ3) is 5.78. The molecule has 1 heterocycles. The molecule has 10 nitrogen and oxygen atoms in total. The van der Waals surface area contributed by atoms with Crippen LogP contribution in [0.15, 0.2) is 0 Å². The number of ether oxygens (including phenoxy) is 5. The molecule has 1 rings (SSSR count). The Hall–Kier alpha value is -2.20. The van der Waals surface area contributed by atoms with Crippen LogP contribution in [0.3, 0.4) is 0 Å². The predicted octanol–water partition coefficient (Wildman–Crippen LogP) is -0.938. The van der Waals surface area contributed by atoms with Gasteiger partial charge in [-0.25, -0.2) is 0 Å². The first-order valence-electron chi connectivity index (χ1n) is 7.10. The number of aliphatic hydroxyl groups is 1. The summed E-state index contributed by atoms with van der Waals surface area (Å²) in [7, 11) is 0. The van der Waals surface area contributed by atoms with E-state index in [1.807, 2.05) is 0 Å². The SMILES string of the molecule is CC(=O)OC[C@H](OC(C)=O)[C@@H]1O[C@H](O)[C@H](OC(C)=O)[C@H]1OC(C)=O. The summed E-state index contributed by atoms with van der Waals surface area (Å²) in [6.45, 7) is 4.10. The highest BCUT2D eigenvalue weighted by molar-refractivity contribution is 5.68. The molecule has 0 aliphatic carbocycles. The number of rotatable bonds is 6. The van der Waals surface area contributed by atoms with Crippen LogP contribution in [0.2, 0.25) is 0 Å². The van der Waals surface area contributed by atoms with Crippen LogP contribution >= 0.6 is 0 Å². The summed E-state index contributed by atoms with van der Waals surface area (Å²) >= 11 is 0. The Balaban J connectivity index is 3.03. The molecule has 0 aromatic carbocycles. The average Bonchev–Trinajstić information content (AvgIpc) is 2.70. The standard InChI is InChI=1S/C14H20O10/c1-6(15)20-5-10(21-7(2)16)11-12(22-8(3)17)13(14(19)24-11)23-9(4)18/h10-14,19H,5H2,1-4H3/t10-,11-,12-,13+,14-/m0/s1. The molecule has 0 aromatic rings. The van der Waals surface area contributed by atoms with Crippen molar-refractivity contribution in [3.05, 3.63) is 0 Å². The molecule has 10 heteroatoms. The molecule has 0 spiro atoms. The molecule has 0 amide bonds. The van der Waals surface area contributed by atoms with E-state index in [1.165, 1.54) is 0 Å². The van der Waals surface area contributed by atoms with Crippen LogP contribution in [0.1, 0.15) is 27.7 Å². The van der Waals surface area contributed by atoms with Gasteiger partial charge in [0.2, 0.25) is 0 Å². The number of esters is 4. The molecule has 0 radical (unpaired) electrons. The van der Waals surface area contributed by atoms with E-state index in [-0.39, 0.29) is 0 Å². The normalized spacial score (nSPS) is 27.0. The van der Waals surface area contributed by atoms with E-state index in [1.54, 1.807) is 0 Å². The zero-order valence-electron chi connectivity index (χ0n) is 13.7. The molecule has 0 unspecified atom stereocenters. The van der Waals surface area contributed by atoms with E-state index in [9.17, 15) is 24.3 Å². The fraction of sp³-hybridized carbons (Fsp3) is 0.714. The summed E-state index contributed by atoms with van der Waals surface area (Å²) in [4.78, 5) is 44.7. The highest BCUT2D eigenvalue weighted by Gasteiger charge is 2.52. The first-order valence-corrected chi connectivity index (χ1v) is 7.10. The van der Waals surface area contributed by atoms with E-state index >= 15 is 0 Å². The highest BCUT2D eigenvalue weighted by atomic mass is 16.7. The van der Waals surface area contributed by atoms with Crippen LogP contribution in [-0.2, 0) is 42.9 Å². The van der Waals surface area contributed by atoms with Crippen LogP contribution in [0.4, 0.5) is 0 Å². The van der Waals surface area contributed by atoms with Crippen LogP contribution in [0.25, 0.3) is 0 Å². The molecular weight excluding hydrogens is 328 g/mol. The van der Waals surface area contributed by atoms with Gasteiger partial charge in [0.1, 0.15) is 12.7 Å². The van der Waals surface area contributed by atoms with Crippen molar-refractivity contribution in [3.8, 4) is 0 Å². The third-order valence-corrected chi connectivity index (χ3v) is 2.96. The van der Waals surface area contributed by atoms with Crippen molar-refractivity contribution < 1.29 is 48.0 Å². The molecular formula is C14H20O10.